The topological polar surface area (TPSA) is 183 Å². The van der Waals surface area contributed by atoms with Crippen LogP contribution in [0.15, 0.2) is 72.8 Å². The van der Waals surface area contributed by atoms with E-state index in [2.05, 4.69) is 45.5 Å². The number of fused-ring (bicyclic) bond motifs is 3. The summed E-state index contributed by atoms with van der Waals surface area (Å²) >= 11 is 0. The zero-order valence-corrected chi connectivity index (χ0v) is 31.8. The quantitative estimate of drug-likeness (QED) is 0.0844. The summed E-state index contributed by atoms with van der Waals surface area (Å²) in [5.74, 6) is -1.43. The number of rotatable bonds is 24. The van der Waals surface area contributed by atoms with Crippen LogP contribution in [0.25, 0.3) is 11.1 Å². The van der Waals surface area contributed by atoms with Gasteiger partial charge in [0, 0.05) is 24.6 Å². The fourth-order valence-corrected chi connectivity index (χ4v) is 5.89. The minimum absolute atomic E-state index is 0.0110. The molecule has 3 aromatic carbocycles. The van der Waals surface area contributed by atoms with Crippen molar-refractivity contribution in [1.82, 2.24) is 16.0 Å². The van der Waals surface area contributed by atoms with Crippen LogP contribution in [-0.2, 0) is 44.7 Å². The average molecular weight is 763 g/mol. The summed E-state index contributed by atoms with van der Waals surface area (Å²) in [6.07, 6.45) is -0.426. The third-order valence-corrected chi connectivity index (χ3v) is 8.87. The zero-order chi connectivity index (χ0) is 39.4. The molecule has 0 aliphatic heterocycles. The summed E-state index contributed by atoms with van der Waals surface area (Å²) < 4.78 is 27.5. The molecule has 0 unspecified atom stereocenters. The molecule has 0 aromatic heterocycles. The van der Waals surface area contributed by atoms with E-state index in [1.165, 1.54) is 11.1 Å². The maximum Gasteiger partial charge on any atom is 0.407 e. The number of hydrogen-bond acceptors (Lipinski definition) is 10. The first kappa shape index (κ1) is 42.9. The van der Waals surface area contributed by atoms with Gasteiger partial charge in [0.2, 0.25) is 17.7 Å². The van der Waals surface area contributed by atoms with Gasteiger partial charge in [-0.05, 0) is 52.8 Å². The number of ether oxygens (including phenoxy) is 5. The van der Waals surface area contributed by atoms with E-state index in [4.69, 9.17) is 28.8 Å². The Balaban J connectivity index is 0.947. The number of anilines is 1. The van der Waals surface area contributed by atoms with Crippen molar-refractivity contribution < 1.29 is 48.0 Å². The minimum Gasteiger partial charge on any atom is -0.449 e. The zero-order valence-electron chi connectivity index (χ0n) is 31.8. The molecule has 14 heteroatoms. The number of aliphatic hydroxyl groups excluding tert-OH is 1. The van der Waals surface area contributed by atoms with E-state index in [0.717, 1.165) is 11.1 Å². The predicted molar refractivity (Wildman–Crippen MR) is 206 cm³/mol. The molecule has 14 nitrogen and oxygen atoms in total. The van der Waals surface area contributed by atoms with E-state index >= 15 is 0 Å². The Bertz CT molecular complexity index is 1620. The van der Waals surface area contributed by atoms with Gasteiger partial charge in [-0.25, -0.2) is 4.79 Å². The molecule has 5 N–H and O–H groups in total. The molecular formula is C41H54N4O10. The first-order chi connectivity index (χ1) is 26.7. The summed E-state index contributed by atoms with van der Waals surface area (Å²) in [6.45, 7) is 8.22. The maximum atomic E-state index is 12.9. The third-order valence-electron chi connectivity index (χ3n) is 8.87. The molecule has 1 aliphatic rings. The van der Waals surface area contributed by atoms with Crippen molar-refractivity contribution in [2.45, 2.75) is 51.8 Å². The lowest BCUT2D eigenvalue weighted by molar-refractivity contribution is -0.132. The Morgan fingerprint density at radius 1 is 0.673 bits per heavy atom. The van der Waals surface area contributed by atoms with Gasteiger partial charge >= 0.3 is 6.09 Å². The van der Waals surface area contributed by atoms with Crippen LogP contribution in [0.3, 0.4) is 0 Å². The van der Waals surface area contributed by atoms with Crippen molar-refractivity contribution in [2.75, 3.05) is 71.3 Å². The second kappa shape index (κ2) is 23.1. The van der Waals surface area contributed by atoms with Crippen molar-refractivity contribution in [3.8, 4) is 11.1 Å². The number of amides is 4. The summed E-state index contributed by atoms with van der Waals surface area (Å²) in [4.78, 5) is 50.2. The Labute approximate surface area is 322 Å². The lowest BCUT2D eigenvalue weighted by atomic mass is 9.98. The van der Waals surface area contributed by atoms with E-state index in [0.29, 0.717) is 57.4 Å². The fourth-order valence-electron chi connectivity index (χ4n) is 5.89. The summed E-state index contributed by atoms with van der Waals surface area (Å²) in [6, 6.07) is 21.4. The molecule has 0 bridgehead atoms. The minimum atomic E-state index is -0.844. The molecule has 4 rings (SSSR count). The van der Waals surface area contributed by atoms with Crippen LogP contribution >= 0.6 is 0 Å². The highest BCUT2D eigenvalue weighted by molar-refractivity contribution is 5.98. The second-order valence-electron chi connectivity index (χ2n) is 13.3. The molecule has 0 spiro atoms. The van der Waals surface area contributed by atoms with Crippen LogP contribution in [0.1, 0.15) is 49.8 Å². The highest BCUT2D eigenvalue weighted by atomic mass is 16.6. The maximum absolute atomic E-state index is 12.9. The average Bonchev–Trinajstić information content (AvgIpc) is 3.51. The molecule has 0 saturated carbocycles. The number of hydrogen-bond donors (Lipinski definition) is 5. The Morgan fingerprint density at radius 2 is 1.22 bits per heavy atom. The van der Waals surface area contributed by atoms with Crippen molar-refractivity contribution in [3.63, 3.8) is 0 Å². The molecule has 0 fully saturated rings. The van der Waals surface area contributed by atoms with Crippen LogP contribution in [0.2, 0.25) is 0 Å². The molecule has 1 aliphatic carbocycles. The monoisotopic (exact) mass is 762 g/mol. The highest BCUT2D eigenvalue weighted by Gasteiger charge is 2.29. The van der Waals surface area contributed by atoms with Gasteiger partial charge < -0.3 is 50.1 Å². The molecule has 0 heterocycles. The standard InChI is InChI=1S/C41H54N4O10/c1-28(2)38(40(49)43-29(3)39(48)44-31-14-12-30(26-46)13-15-31)45-37(47)16-18-51-20-22-53-24-25-54-23-21-52-19-17-42-41(50)55-27-36-34-10-6-4-8-32(34)33-9-5-7-11-35(33)36/h4-15,28-29,36,38,46H,16-27H2,1-3H3,(H,42,50)(H,43,49)(H,44,48)(H,45,47)/t29-,38-/m0/s1. The van der Waals surface area contributed by atoms with Gasteiger partial charge in [0.25, 0.3) is 0 Å². The molecule has 0 saturated heterocycles. The smallest absolute Gasteiger partial charge is 0.407 e. The SMILES string of the molecule is CC(C)[C@H](NC(=O)CCOCCOCCOCCOCCNC(=O)OCC1c2ccccc2-c2ccccc21)C(=O)N[C@@H](C)C(=O)Nc1ccc(CO)cc1. The summed E-state index contributed by atoms with van der Waals surface area (Å²) in [5.41, 5.74) is 5.94. The fraction of sp³-hybridized carbons (Fsp3) is 0.463. The van der Waals surface area contributed by atoms with E-state index in [1.54, 1.807) is 45.0 Å². The number of nitrogens with one attached hydrogen (secondary N) is 4. The van der Waals surface area contributed by atoms with Crippen LogP contribution in [0.4, 0.5) is 10.5 Å². The van der Waals surface area contributed by atoms with Gasteiger partial charge in [-0.1, -0.05) is 74.5 Å². The second-order valence-corrected chi connectivity index (χ2v) is 13.3. The van der Waals surface area contributed by atoms with E-state index in [1.807, 2.05) is 24.3 Å². The molecule has 0 radical (unpaired) electrons. The van der Waals surface area contributed by atoms with Crippen molar-refractivity contribution in [2.24, 2.45) is 5.92 Å². The molecule has 4 amide bonds. The van der Waals surface area contributed by atoms with Crippen LogP contribution in [0.5, 0.6) is 0 Å². The van der Waals surface area contributed by atoms with Crippen molar-refractivity contribution in [1.29, 1.82) is 0 Å². The molecule has 2 atom stereocenters. The Kier molecular flexibility index (Phi) is 18.0. The number of alkyl carbamates (subject to hydrolysis) is 1. The van der Waals surface area contributed by atoms with Crippen molar-refractivity contribution in [3.05, 3.63) is 89.5 Å². The summed E-state index contributed by atoms with van der Waals surface area (Å²) in [7, 11) is 0. The van der Waals surface area contributed by atoms with Crippen molar-refractivity contribution >= 4 is 29.5 Å². The van der Waals surface area contributed by atoms with Crippen LogP contribution in [0, 0.1) is 5.92 Å². The number of carbonyl (C=O) groups is 4. The van der Waals surface area contributed by atoms with E-state index in [9.17, 15) is 19.2 Å². The normalized spacial score (nSPS) is 13.0. The number of benzene rings is 3. The van der Waals surface area contributed by atoms with Crippen LogP contribution < -0.4 is 21.3 Å². The lowest BCUT2D eigenvalue weighted by Crippen LogP contribution is -2.53. The molecular weight excluding hydrogens is 708 g/mol. The van der Waals surface area contributed by atoms with E-state index in [-0.39, 0.29) is 50.6 Å². The summed E-state index contributed by atoms with van der Waals surface area (Å²) in [5, 5.41) is 20.0. The first-order valence-electron chi connectivity index (χ1n) is 18.7. The van der Waals surface area contributed by atoms with Crippen LogP contribution in [-0.4, -0.2) is 107 Å². The number of carbonyl (C=O) groups excluding carboxylic acids is 4. The largest absolute Gasteiger partial charge is 0.449 e. The van der Waals surface area contributed by atoms with Gasteiger partial charge in [0.15, 0.2) is 0 Å². The molecule has 298 valence electrons. The van der Waals surface area contributed by atoms with Gasteiger partial charge in [-0.3, -0.25) is 14.4 Å². The van der Waals surface area contributed by atoms with Gasteiger partial charge in [0.05, 0.1) is 59.5 Å². The van der Waals surface area contributed by atoms with Gasteiger partial charge in [-0.2, -0.15) is 0 Å². The Hall–Kier alpha value is -4.86. The van der Waals surface area contributed by atoms with Gasteiger partial charge in [0.1, 0.15) is 18.7 Å². The first-order valence-corrected chi connectivity index (χ1v) is 18.7. The highest BCUT2D eigenvalue weighted by Crippen LogP contribution is 2.44. The number of aliphatic hydroxyl groups is 1. The lowest BCUT2D eigenvalue weighted by Gasteiger charge is -2.24. The third kappa shape index (κ3) is 14.1. The molecule has 3 aromatic rings. The predicted octanol–water partition coefficient (Wildman–Crippen LogP) is 3.76. The molecule has 55 heavy (non-hydrogen) atoms. The van der Waals surface area contributed by atoms with E-state index < -0.39 is 30.0 Å². The van der Waals surface area contributed by atoms with Gasteiger partial charge in [-0.15, -0.1) is 0 Å². The Morgan fingerprint density at radius 3 is 1.78 bits per heavy atom.